The summed E-state index contributed by atoms with van der Waals surface area (Å²) in [5, 5.41) is 6.26. The first-order valence-electron chi connectivity index (χ1n) is 6.44. The van der Waals surface area contributed by atoms with Gasteiger partial charge in [0, 0.05) is 19.6 Å². The molecule has 0 atom stereocenters. The van der Waals surface area contributed by atoms with Gasteiger partial charge >= 0.3 is 0 Å². The largest absolute Gasteiger partial charge is 0.354 e. The van der Waals surface area contributed by atoms with Crippen molar-refractivity contribution in [2.24, 2.45) is 11.1 Å². The van der Waals surface area contributed by atoms with Crippen LogP contribution in [0.5, 0.6) is 0 Å². The van der Waals surface area contributed by atoms with E-state index in [9.17, 15) is 4.79 Å². The van der Waals surface area contributed by atoms with Gasteiger partial charge in [-0.25, -0.2) is 0 Å². The molecule has 1 aliphatic rings. The Balaban J connectivity index is 2.22. The van der Waals surface area contributed by atoms with E-state index >= 15 is 0 Å². The molecular weight excluding hydrogens is 202 g/mol. The molecule has 0 unspecified atom stereocenters. The number of nitrogens with one attached hydrogen (secondary N) is 2. The Kier molecular flexibility index (Phi) is 5.77. The zero-order chi connectivity index (χ0) is 11.9. The summed E-state index contributed by atoms with van der Waals surface area (Å²) in [5.41, 5.74) is 5.49. The lowest BCUT2D eigenvalue weighted by atomic mass is 9.85. The Morgan fingerprint density at radius 1 is 1.25 bits per heavy atom. The van der Waals surface area contributed by atoms with Crippen LogP contribution in [0.15, 0.2) is 0 Å². The van der Waals surface area contributed by atoms with E-state index in [0.29, 0.717) is 13.1 Å². The van der Waals surface area contributed by atoms with Gasteiger partial charge in [0.15, 0.2) is 0 Å². The predicted octanol–water partition coefficient (Wildman–Crippen LogP) is 0.621. The molecule has 1 amide bonds. The van der Waals surface area contributed by atoms with Gasteiger partial charge in [0.05, 0.1) is 5.41 Å². The van der Waals surface area contributed by atoms with Crippen molar-refractivity contribution in [3.8, 4) is 0 Å². The summed E-state index contributed by atoms with van der Waals surface area (Å²) < 4.78 is 0. The molecule has 0 aromatic heterocycles. The SMILES string of the molecule is CCCNCCNC(=O)C1(CN)CCCC1. The minimum atomic E-state index is -0.259. The molecule has 0 radical (unpaired) electrons. The lowest BCUT2D eigenvalue weighted by Gasteiger charge is -2.25. The van der Waals surface area contributed by atoms with Crippen molar-refractivity contribution in [2.45, 2.75) is 39.0 Å². The second kappa shape index (κ2) is 6.86. The summed E-state index contributed by atoms with van der Waals surface area (Å²) in [5.74, 6) is 0.158. The molecule has 0 bridgehead atoms. The highest BCUT2D eigenvalue weighted by Crippen LogP contribution is 2.37. The Morgan fingerprint density at radius 3 is 2.50 bits per heavy atom. The summed E-state index contributed by atoms with van der Waals surface area (Å²) in [7, 11) is 0. The molecule has 0 saturated heterocycles. The van der Waals surface area contributed by atoms with Crippen LogP contribution in [0.25, 0.3) is 0 Å². The molecule has 4 N–H and O–H groups in total. The Morgan fingerprint density at radius 2 is 1.94 bits per heavy atom. The predicted molar refractivity (Wildman–Crippen MR) is 66.1 cm³/mol. The van der Waals surface area contributed by atoms with Crippen molar-refractivity contribution in [3.05, 3.63) is 0 Å². The van der Waals surface area contributed by atoms with E-state index in [1.165, 1.54) is 0 Å². The molecule has 0 aromatic rings. The summed E-state index contributed by atoms with van der Waals surface area (Å²) in [6.45, 7) is 5.19. The van der Waals surface area contributed by atoms with Gasteiger partial charge in [-0.05, 0) is 25.8 Å². The first-order chi connectivity index (χ1) is 7.75. The smallest absolute Gasteiger partial charge is 0.227 e. The van der Waals surface area contributed by atoms with E-state index in [1.807, 2.05) is 0 Å². The molecule has 4 nitrogen and oxygen atoms in total. The molecule has 0 aliphatic heterocycles. The Hall–Kier alpha value is -0.610. The monoisotopic (exact) mass is 227 g/mol. The van der Waals surface area contributed by atoms with E-state index in [2.05, 4.69) is 17.6 Å². The minimum Gasteiger partial charge on any atom is -0.354 e. The number of hydrogen-bond acceptors (Lipinski definition) is 3. The van der Waals surface area contributed by atoms with E-state index in [1.54, 1.807) is 0 Å². The molecule has 1 fully saturated rings. The van der Waals surface area contributed by atoms with Gasteiger partial charge in [-0.3, -0.25) is 4.79 Å². The number of carbonyl (C=O) groups excluding carboxylic acids is 1. The fourth-order valence-electron chi connectivity index (χ4n) is 2.33. The van der Waals surface area contributed by atoms with Gasteiger partial charge in [-0.1, -0.05) is 19.8 Å². The van der Waals surface area contributed by atoms with Crippen LogP contribution in [0.3, 0.4) is 0 Å². The maximum Gasteiger partial charge on any atom is 0.227 e. The van der Waals surface area contributed by atoms with E-state index in [-0.39, 0.29) is 11.3 Å². The highest BCUT2D eigenvalue weighted by atomic mass is 16.2. The topological polar surface area (TPSA) is 67.1 Å². The number of carbonyl (C=O) groups is 1. The molecule has 4 heteroatoms. The van der Waals surface area contributed by atoms with Crippen molar-refractivity contribution >= 4 is 5.91 Å². The molecule has 0 aromatic carbocycles. The van der Waals surface area contributed by atoms with Crippen LogP contribution in [0.1, 0.15) is 39.0 Å². The van der Waals surface area contributed by atoms with Crippen molar-refractivity contribution in [1.82, 2.24) is 10.6 Å². The van der Waals surface area contributed by atoms with Crippen molar-refractivity contribution in [3.63, 3.8) is 0 Å². The summed E-state index contributed by atoms with van der Waals surface area (Å²) in [6.07, 6.45) is 5.31. The first kappa shape index (κ1) is 13.5. The average molecular weight is 227 g/mol. The van der Waals surface area contributed by atoms with Crippen LogP contribution in [0, 0.1) is 5.41 Å². The Labute approximate surface area is 98.3 Å². The van der Waals surface area contributed by atoms with Gasteiger partial charge in [0.2, 0.25) is 5.91 Å². The number of rotatable bonds is 7. The first-order valence-corrected chi connectivity index (χ1v) is 6.44. The molecule has 94 valence electrons. The van der Waals surface area contributed by atoms with Gasteiger partial charge in [0.1, 0.15) is 0 Å². The zero-order valence-corrected chi connectivity index (χ0v) is 10.3. The lowest BCUT2D eigenvalue weighted by Crippen LogP contribution is -2.45. The van der Waals surface area contributed by atoms with Crippen molar-refractivity contribution in [2.75, 3.05) is 26.2 Å². The standard InChI is InChI=1S/C12H25N3O/c1-2-7-14-8-9-15-11(16)12(10-13)5-3-4-6-12/h14H,2-10,13H2,1H3,(H,15,16). The maximum absolute atomic E-state index is 12.0. The van der Waals surface area contributed by atoms with Crippen LogP contribution in [-0.2, 0) is 4.79 Å². The molecule has 16 heavy (non-hydrogen) atoms. The van der Waals surface area contributed by atoms with Gasteiger partial charge < -0.3 is 16.4 Å². The van der Waals surface area contributed by atoms with E-state index in [4.69, 9.17) is 5.73 Å². The average Bonchev–Trinajstić information content (AvgIpc) is 2.78. The van der Waals surface area contributed by atoms with Crippen LogP contribution in [0.4, 0.5) is 0 Å². The third-order valence-electron chi connectivity index (χ3n) is 3.45. The second-order valence-corrected chi connectivity index (χ2v) is 4.70. The van der Waals surface area contributed by atoms with Crippen molar-refractivity contribution < 1.29 is 4.79 Å². The number of hydrogen-bond donors (Lipinski definition) is 3. The highest BCUT2D eigenvalue weighted by molar-refractivity contribution is 5.83. The fourth-order valence-corrected chi connectivity index (χ4v) is 2.33. The molecular formula is C12H25N3O. The lowest BCUT2D eigenvalue weighted by molar-refractivity contribution is -0.130. The maximum atomic E-state index is 12.0. The zero-order valence-electron chi connectivity index (χ0n) is 10.3. The minimum absolute atomic E-state index is 0.158. The van der Waals surface area contributed by atoms with Crippen molar-refractivity contribution in [1.29, 1.82) is 0 Å². The quantitative estimate of drug-likeness (QED) is 0.559. The molecule has 0 heterocycles. The summed E-state index contributed by atoms with van der Waals surface area (Å²) in [6, 6.07) is 0. The number of amides is 1. The third-order valence-corrected chi connectivity index (χ3v) is 3.45. The van der Waals surface area contributed by atoms with Crippen LogP contribution >= 0.6 is 0 Å². The molecule has 1 aliphatic carbocycles. The van der Waals surface area contributed by atoms with E-state index < -0.39 is 0 Å². The molecule has 1 rings (SSSR count). The van der Waals surface area contributed by atoms with E-state index in [0.717, 1.165) is 45.2 Å². The molecule has 1 saturated carbocycles. The van der Waals surface area contributed by atoms with Gasteiger partial charge in [0.25, 0.3) is 0 Å². The Bertz CT molecular complexity index is 212. The normalized spacial score (nSPS) is 18.6. The summed E-state index contributed by atoms with van der Waals surface area (Å²) >= 11 is 0. The van der Waals surface area contributed by atoms with Gasteiger partial charge in [-0.15, -0.1) is 0 Å². The molecule has 0 spiro atoms. The number of nitrogens with two attached hydrogens (primary N) is 1. The van der Waals surface area contributed by atoms with Crippen LogP contribution < -0.4 is 16.4 Å². The third kappa shape index (κ3) is 3.46. The highest BCUT2D eigenvalue weighted by Gasteiger charge is 2.39. The fraction of sp³-hybridized carbons (Fsp3) is 0.917. The summed E-state index contributed by atoms with van der Waals surface area (Å²) in [4.78, 5) is 12.0. The van der Waals surface area contributed by atoms with Crippen LogP contribution in [-0.4, -0.2) is 32.1 Å². The second-order valence-electron chi connectivity index (χ2n) is 4.70. The van der Waals surface area contributed by atoms with Gasteiger partial charge in [-0.2, -0.15) is 0 Å². The van der Waals surface area contributed by atoms with Crippen LogP contribution in [0.2, 0.25) is 0 Å².